The van der Waals surface area contributed by atoms with Gasteiger partial charge in [-0.15, -0.1) is 22.7 Å². The molecule has 0 spiro atoms. The summed E-state index contributed by atoms with van der Waals surface area (Å²) in [6.45, 7) is 0. The third-order valence-electron chi connectivity index (χ3n) is 8.30. The van der Waals surface area contributed by atoms with Gasteiger partial charge in [0, 0.05) is 73.3 Å². The Morgan fingerprint density at radius 3 is 1.90 bits per heavy atom. The second-order valence-corrected chi connectivity index (χ2v) is 15.3. The number of hydrogen-bond acceptors (Lipinski definition) is 4. The molecule has 42 heavy (non-hydrogen) atoms. The highest BCUT2D eigenvalue weighted by Crippen LogP contribution is 2.52. The van der Waals surface area contributed by atoms with E-state index in [1.807, 2.05) is 22.7 Å². The predicted octanol–water partition coefficient (Wildman–Crippen LogP) is 9.71. The summed E-state index contributed by atoms with van der Waals surface area (Å²) >= 11 is 3.79. The molecule has 8 aromatic rings. The summed E-state index contributed by atoms with van der Waals surface area (Å²) in [7, 11) is -0.631. The van der Waals surface area contributed by atoms with Crippen LogP contribution in [0.2, 0.25) is 0 Å². The molecule has 0 radical (unpaired) electrons. The van der Waals surface area contributed by atoms with Crippen LogP contribution < -0.4 is 26.5 Å². The molecule has 1 aliphatic rings. The van der Waals surface area contributed by atoms with Crippen molar-refractivity contribution in [1.82, 2.24) is 0 Å². The topological polar surface area (TPSA) is 38.0 Å². The summed E-state index contributed by atoms with van der Waals surface area (Å²) in [6, 6.07) is 44.6. The van der Waals surface area contributed by atoms with E-state index in [4.69, 9.17) is 5.50 Å². The van der Waals surface area contributed by atoms with Crippen molar-refractivity contribution in [3.63, 3.8) is 0 Å². The maximum Gasteiger partial charge on any atom is 0.0544 e. The molecule has 2 atom stereocenters. The van der Waals surface area contributed by atoms with Gasteiger partial charge in [0.25, 0.3) is 0 Å². The van der Waals surface area contributed by atoms with Crippen molar-refractivity contribution in [2.45, 2.75) is 0 Å². The van der Waals surface area contributed by atoms with Gasteiger partial charge in [0.2, 0.25) is 0 Å². The highest BCUT2D eigenvalue weighted by molar-refractivity contribution is 7.75. The summed E-state index contributed by atoms with van der Waals surface area (Å²) in [4.78, 5) is 0. The molecule has 2 unspecified atom stereocenters. The monoisotopic (exact) mass is 610 g/mol. The van der Waals surface area contributed by atoms with Gasteiger partial charge in [-0.2, -0.15) is 0 Å². The Morgan fingerprint density at radius 2 is 1.12 bits per heavy atom. The molecule has 2 nitrogen and oxygen atoms in total. The lowest BCUT2D eigenvalue weighted by Gasteiger charge is -2.33. The summed E-state index contributed by atoms with van der Waals surface area (Å²) < 4.78 is 5.37. The smallest absolute Gasteiger partial charge is 0.0544 e. The van der Waals surface area contributed by atoms with Gasteiger partial charge >= 0.3 is 0 Å². The van der Waals surface area contributed by atoms with E-state index in [2.05, 4.69) is 126 Å². The molecule has 0 bridgehead atoms. The largest absolute Gasteiger partial charge is 0.356 e. The van der Waals surface area contributed by atoms with E-state index >= 15 is 0 Å². The minimum atomic E-state index is -0.848. The Balaban J connectivity index is 1.31. The van der Waals surface area contributed by atoms with Crippen LogP contribution in [-0.2, 0) is 0 Å². The molecule has 6 heteroatoms. The summed E-state index contributed by atoms with van der Waals surface area (Å²) in [5, 5.41) is 13.4. The van der Waals surface area contributed by atoms with E-state index in [0.717, 1.165) is 0 Å². The van der Waals surface area contributed by atoms with Crippen molar-refractivity contribution in [2.24, 2.45) is 5.50 Å². The first-order valence-corrected chi connectivity index (χ1v) is 18.0. The molecule has 6 aromatic carbocycles. The Kier molecular flexibility index (Phi) is 5.76. The maximum atomic E-state index is 6.51. The molecule has 0 saturated heterocycles. The van der Waals surface area contributed by atoms with Crippen LogP contribution in [0.3, 0.4) is 0 Å². The zero-order valence-corrected chi connectivity index (χ0v) is 25.9. The molecule has 9 rings (SSSR count). The van der Waals surface area contributed by atoms with Crippen LogP contribution in [0.5, 0.6) is 0 Å². The molecular formula is C36H24N2P2S2. The maximum absolute atomic E-state index is 6.51. The molecule has 3 N–H and O–H groups in total. The summed E-state index contributed by atoms with van der Waals surface area (Å²) in [6.07, 6.45) is 0. The molecule has 3 heterocycles. The normalized spacial score (nSPS) is 14.6. The van der Waals surface area contributed by atoms with Gasteiger partial charge in [-0.25, -0.2) is 0 Å². The number of anilines is 1. The van der Waals surface area contributed by atoms with E-state index in [9.17, 15) is 0 Å². The predicted molar refractivity (Wildman–Crippen MR) is 191 cm³/mol. The number of fused-ring (bicyclic) bond motifs is 9. The Bertz CT molecular complexity index is 2350. The van der Waals surface area contributed by atoms with Crippen molar-refractivity contribution in [3.8, 4) is 22.3 Å². The first-order chi connectivity index (χ1) is 20.8. The number of rotatable bonds is 3. The molecule has 0 fully saturated rings. The fraction of sp³-hybridized carbons (Fsp3) is 0. The number of nitrogens with one attached hydrogen (secondary N) is 1. The lowest BCUT2D eigenvalue weighted by Crippen LogP contribution is -2.27. The minimum Gasteiger partial charge on any atom is -0.356 e. The number of thiophene rings is 2. The van der Waals surface area contributed by atoms with Crippen LogP contribution >= 0.6 is 39.5 Å². The molecule has 200 valence electrons. The second-order valence-electron chi connectivity index (χ2n) is 10.6. The van der Waals surface area contributed by atoms with Crippen molar-refractivity contribution in [1.29, 1.82) is 0 Å². The van der Waals surface area contributed by atoms with Crippen molar-refractivity contribution in [3.05, 3.63) is 121 Å². The zero-order valence-electron chi connectivity index (χ0n) is 22.4. The molecule has 2 aromatic heterocycles. The Labute approximate surface area is 254 Å². The lowest BCUT2D eigenvalue weighted by molar-refractivity contribution is 1.61. The van der Waals surface area contributed by atoms with Crippen molar-refractivity contribution in [2.75, 3.05) is 5.09 Å². The van der Waals surface area contributed by atoms with Crippen LogP contribution in [-0.4, -0.2) is 0 Å². The van der Waals surface area contributed by atoms with E-state index in [0.29, 0.717) is 0 Å². The highest BCUT2D eigenvalue weighted by atomic mass is 32.1. The SMILES string of the molecule is NPc1cccc2c1-c1c(cccc1-c1cccc3c1sc1ccccc13)NP2c1cccc2c1sc1ccccc12. The average molecular weight is 611 g/mol. The van der Waals surface area contributed by atoms with Crippen LogP contribution in [0, 0.1) is 0 Å². The summed E-state index contributed by atoms with van der Waals surface area (Å²) in [5.41, 5.74) is 12.8. The van der Waals surface area contributed by atoms with E-state index in [1.165, 1.54) is 84.2 Å². The van der Waals surface area contributed by atoms with E-state index in [-0.39, 0.29) is 8.73 Å². The fourth-order valence-corrected chi connectivity index (χ4v) is 12.1. The van der Waals surface area contributed by atoms with Crippen molar-refractivity contribution >= 4 is 101 Å². The van der Waals surface area contributed by atoms with E-state index in [1.54, 1.807) is 0 Å². The number of nitrogens with two attached hydrogens (primary N) is 1. The van der Waals surface area contributed by atoms with Gasteiger partial charge in [-0.05, 0) is 37.8 Å². The zero-order chi connectivity index (χ0) is 27.8. The average Bonchev–Trinajstić information content (AvgIpc) is 3.62. The van der Waals surface area contributed by atoms with Gasteiger partial charge in [-0.1, -0.05) is 103 Å². The third-order valence-corrected chi connectivity index (χ3v) is 13.8. The van der Waals surface area contributed by atoms with Crippen LogP contribution in [0.4, 0.5) is 5.69 Å². The van der Waals surface area contributed by atoms with Crippen molar-refractivity contribution < 1.29 is 0 Å². The number of benzene rings is 6. The fourth-order valence-electron chi connectivity index (χ4n) is 6.49. The second kappa shape index (κ2) is 9.71. The highest BCUT2D eigenvalue weighted by Gasteiger charge is 2.31. The van der Waals surface area contributed by atoms with Crippen LogP contribution in [0.1, 0.15) is 0 Å². The molecule has 0 aliphatic carbocycles. The van der Waals surface area contributed by atoms with Crippen LogP contribution in [0.15, 0.2) is 121 Å². The molecule has 0 saturated carbocycles. The number of hydrogen-bond donors (Lipinski definition) is 2. The molecule has 1 aliphatic heterocycles. The third kappa shape index (κ3) is 3.61. The Hall–Kier alpha value is -3.62. The first-order valence-electron chi connectivity index (χ1n) is 13.9. The van der Waals surface area contributed by atoms with Gasteiger partial charge in [0.05, 0.1) is 8.07 Å². The lowest BCUT2D eigenvalue weighted by atomic mass is 9.92. The standard InChI is InChI=1S/C36H24N2P2S2/c37-39-28-16-8-17-29-34(28)33-23(26-13-5-12-24-21-9-1-3-19-31(21)41-35(24)26)11-6-15-27(33)38-40(29)30-18-7-14-25-22-10-2-4-20-32(22)42-36(25)30/h1-20,38-39H,37H2. The van der Waals surface area contributed by atoms with Gasteiger partial charge in [-0.3, -0.25) is 0 Å². The van der Waals surface area contributed by atoms with Gasteiger partial charge in [0.1, 0.15) is 0 Å². The van der Waals surface area contributed by atoms with E-state index < -0.39 is 8.07 Å². The molecule has 0 amide bonds. The van der Waals surface area contributed by atoms with Gasteiger partial charge < -0.3 is 10.6 Å². The quantitative estimate of drug-likeness (QED) is 0.196. The Morgan fingerprint density at radius 1 is 0.524 bits per heavy atom. The minimum absolute atomic E-state index is 0.217. The molecular weight excluding hydrogens is 586 g/mol. The van der Waals surface area contributed by atoms with Crippen LogP contribution in [0.25, 0.3) is 62.6 Å². The first kappa shape index (κ1) is 24.9. The summed E-state index contributed by atoms with van der Waals surface area (Å²) in [5.74, 6) is 0. The van der Waals surface area contributed by atoms with Gasteiger partial charge in [0.15, 0.2) is 0 Å².